The first kappa shape index (κ1) is 21.9. The Morgan fingerprint density at radius 2 is 1.87 bits per heavy atom. The van der Waals surface area contributed by atoms with E-state index in [2.05, 4.69) is 35.1 Å². The summed E-state index contributed by atoms with van der Waals surface area (Å²) in [6, 6.07) is 1.03. The van der Waals surface area contributed by atoms with Crippen LogP contribution >= 0.6 is 0 Å². The molecule has 6 unspecified atom stereocenters. The number of nitrogens with zero attached hydrogens (tertiary/aromatic N) is 2. The van der Waals surface area contributed by atoms with Crippen molar-refractivity contribution in [1.82, 2.24) is 26.1 Å². The van der Waals surface area contributed by atoms with Gasteiger partial charge in [-0.2, -0.15) is 5.48 Å². The molecule has 176 valence electrons. The molecule has 0 bridgehead atoms. The van der Waals surface area contributed by atoms with E-state index in [4.69, 9.17) is 14.3 Å². The van der Waals surface area contributed by atoms with E-state index in [1.165, 1.54) is 20.0 Å². The van der Waals surface area contributed by atoms with Crippen molar-refractivity contribution in [2.45, 2.75) is 82.5 Å². The highest BCUT2D eigenvalue weighted by atomic mass is 16.7. The quantitative estimate of drug-likeness (QED) is 0.611. The van der Waals surface area contributed by atoms with Crippen LogP contribution in [0.25, 0.3) is 0 Å². The summed E-state index contributed by atoms with van der Waals surface area (Å²) in [5.41, 5.74) is 6.96. The van der Waals surface area contributed by atoms with Gasteiger partial charge in [-0.25, -0.2) is 9.80 Å². The second-order valence-electron chi connectivity index (χ2n) is 10.7. The SMILES string of the molecule is COC(=O)N1CCC(C2NOC(C3CCC4CNN(C5COC(C)(C)C5)C4C3)N2)CC1. The average Bonchev–Trinajstić information content (AvgIpc) is 3.50. The molecular formula is C22H39N5O4. The van der Waals surface area contributed by atoms with Gasteiger partial charge in [0.2, 0.25) is 0 Å². The minimum Gasteiger partial charge on any atom is -0.453 e. The van der Waals surface area contributed by atoms with Crippen molar-refractivity contribution in [3.63, 3.8) is 0 Å². The molecule has 0 aromatic heterocycles. The fourth-order valence-electron chi connectivity index (χ4n) is 6.42. The van der Waals surface area contributed by atoms with Crippen LogP contribution in [0.5, 0.6) is 0 Å². The number of hydrogen-bond donors (Lipinski definition) is 3. The summed E-state index contributed by atoms with van der Waals surface area (Å²) < 4.78 is 10.9. The second kappa shape index (κ2) is 8.76. The fraction of sp³-hybridized carbons (Fsp3) is 0.955. The molecule has 6 atom stereocenters. The van der Waals surface area contributed by atoms with Gasteiger partial charge in [0.05, 0.1) is 31.5 Å². The predicted molar refractivity (Wildman–Crippen MR) is 115 cm³/mol. The van der Waals surface area contributed by atoms with Crippen LogP contribution in [0.15, 0.2) is 0 Å². The van der Waals surface area contributed by atoms with E-state index in [1.54, 1.807) is 4.90 Å². The third-order valence-corrected chi connectivity index (χ3v) is 8.21. The number of ether oxygens (including phenoxy) is 2. The first-order valence-corrected chi connectivity index (χ1v) is 12.1. The number of piperidine rings is 1. The molecule has 0 radical (unpaired) electrons. The normalized spacial score (nSPS) is 41.5. The van der Waals surface area contributed by atoms with Crippen LogP contribution in [0.3, 0.4) is 0 Å². The van der Waals surface area contributed by atoms with Gasteiger partial charge >= 0.3 is 6.09 Å². The summed E-state index contributed by atoms with van der Waals surface area (Å²) in [4.78, 5) is 19.6. The predicted octanol–water partition coefficient (Wildman–Crippen LogP) is 1.41. The maximum atomic E-state index is 11.7. The van der Waals surface area contributed by atoms with Crippen LogP contribution in [0.1, 0.15) is 52.4 Å². The number of likely N-dealkylation sites (tertiary alicyclic amines) is 1. The maximum Gasteiger partial charge on any atom is 0.409 e. The number of hydrogen-bond acceptors (Lipinski definition) is 8. The van der Waals surface area contributed by atoms with Crippen molar-refractivity contribution in [3.05, 3.63) is 0 Å². The third kappa shape index (κ3) is 4.45. The van der Waals surface area contributed by atoms with Gasteiger partial charge in [-0.05, 0) is 64.2 Å². The number of rotatable bonds is 3. The highest BCUT2D eigenvalue weighted by molar-refractivity contribution is 5.67. The van der Waals surface area contributed by atoms with Crippen LogP contribution in [0.4, 0.5) is 4.79 Å². The number of fused-ring (bicyclic) bond motifs is 1. The van der Waals surface area contributed by atoms with E-state index in [0.29, 0.717) is 23.9 Å². The lowest BCUT2D eigenvalue weighted by Gasteiger charge is -2.39. The van der Waals surface area contributed by atoms with E-state index in [0.717, 1.165) is 57.8 Å². The van der Waals surface area contributed by atoms with Crippen molar-refractivity contribution in [2.24, 2.45) is 17.8 Å². The Hall–Kier alpha value is -0.970. The molecule has 9 heteroatoms. The molecule has 1 saturated carbocycles. The number of carbonyl (C=O) groups excluding carboxylic acids is 1. The van der Waals surface area contributed by atoms with Gasteiger partial charge in [-0.3, -0.25) is 15.6 Å². The Morgan fingerprint density at radius 1 is 1.10 bits per heavy atom. The van der Waals surface area contributed by atoms with Gasteiger partial charge in [0.25, 0.3) is 0 Å². The minimum atomic E-state index is -0.220. The summed E-state index contributed by atoms with van der Waals surface area (Å²) >= 11 is 0. The number of amides is 1. The lowest BCUT2D eigenvalue weighted by Crippen LogP contribution is -2.51. The molecule has 1 amide bonds. The highest BCUT2D eigenvalue weighted by Crippen LogP contribution is 2.40. The number of carbonyl (C=O) groups is 1. The summed E-state index contributed by atoms with van der Waals surface area (Å²) in [5.74, 6) is 1.70. The Morgan fingerprint density at radius 3 is 2.58 bits per heavy atom. The Kier molecular flexibility index (Phi) is 6.17. The largest absolute Gasteiger partial charge is 0.453 e. The van der Waals surface area contributed by atoms with Crippen molar-refractivity contribution in [1.29, 1.82) is 0 Å². The van der Waals surface area contributed by atoms with Crippen molar-refractivity contribution >= 4 is 6.09 Å². The Balaban J connectivity index is 1.14. The van der Waals surface area contributed by atoms with Crippen LogP contribution in [0.2, 0.25) is 0 Å². The van der Waals surface area contributed by atoms with E-state index in [-0.39, 0.29) is 24.1 Å². The molecule has 31 heavy (non-hydrogen) atoms. The molecule has 5 rings (SSSR count). The number of hydrazine groups is 1. The van der Waals surface area contributed by atoms with E-state index in [1.807, 2.05) is 0 Å². The molecule has 4 aliphatic heterocycles. The summed E-state index contributed by atoms with van der Waals surface area (Å²) in [7, 11) is 1.45. The van der Waals surface area contributed by atoms with Crippen molar-refractivity contribution in [2.75, 3.05) is 33.4 Å². The first-order chi connectivity index (χ1) is 14.9. The number of hydroxylamine groups is 1. The van der Waals surface area contributed by atoms with Crippen molar-refractivity contribution < 1.29 is 19.1 Å². The van der Waals surface area contributed by atoms with E-state index in [9.17, 15) is 4.79 Å². The van der Waals surface area contributed by atoms with E-state index >= 15 is 0 Å². The van der Waals surface area contributed by atoms with Gasteiger partial charge in [0.15, 0.2) is 0 Å². The minimum absolute atomic E-state index is 0.0186. The Bertz CT molecular complexity index is 656. The molecule has 1 aliphatic carbocycles. The molecule has 0 aromatic rings. The van der Waals surface area contributed by atoms with Crippen molar-refractivity contribution in [3.8, 4) is 0 Å². The molecule has 3 N–H and O–H groups in total. The zero-order chi connectivity index (χ0) is 21.6. The molecular weight excluding hydrogens is 398 g/mol. The van der Waals surface area contributed by atoms with Crippen LogP contribution in [-0.4, -0.2) is 79.4 Å². The average molecular weight is 438 g/mol. The maximum absolute atomic E-state index is 11.7. The summed E-state index contributed by atoms with van der Waals surface area (Å²) in [5, 5.41) is 6.26. The fourth-order valence-corrected chi connectivity index (χ4v) is 6.42. The highest BCUT2D eigenvalue weighted by Gasteiger charge is 2.48. The smallest absolute Gasteiger partial charge is 0.409 e. The monoisotopic (exact) mass is 437 g/mol. The molecule has 5 fully saturated rings. The van der Waals surface area contributed by atoms with Gasteiger partial charge in [0.1, 0.15) is 6.23 Å². The standard InChI is InChI=1S/C22H39N5O4/c1-22(2)11-17(13-30-22)27-18-10-15(4-5-16(18)12-23-27)20-24-19(25-31-20)14-6-8-26(9-7-14)21(28)29-3/h14-20,23-25H,4-13H2,1-3H3. The first-order valence-electron chi connectivity index (χ1n) is 12.1. The summed E-state index contributed by atoms with van der Waals surface area (Å²) in [6.07, 6.45) is 6.60. The van der Waals surface area contributed by atoms with E-state index < -0.39 is 0 Å². The van der Waals surface area contributed by atoms with Crippen LogP contribution in [0, 0.1) is 17.8 Å². The topological polar surface area (TPSA) is 87.3 Å². The number of methoxy groups -OCH3 is 1. The van der Waals surface area contributed by atoms with Gasteiger partial charge in [-0.15, -0.1) is 0 Å². The molecule has 5 aliphatic rings. The molecule has 4 heterocycles. The Labute approximate surface area is 185 Å². The van der Waals surface area contributed by atoms with Gasteiger partial charge in [-0.1, -0.05) is 0 Å². The lowest BCUT2D eigenvalue weighted by atomic mass is 9.77. The third-order valence-electron chi connectivity index (χ3n) is 8.21. The van der Waals surface area contributed by atoms with Gasteiger partial charge < -0.3 is 14.4 Å². The summed E-state index contributed by atoms with van der Waals surface area (Å²) in [6.45, 7) is 7.79. The lowest BCUT2D eigenvalue weighted by molar-refractivity contribution is -0.0398. The van der Waals surface area contributed by atoms with Crippen LogP contribution in [-0.2, 0) is 14.3 Å². The molecule has 9 nitrogen and oxygen atoms in total. The van der Waals surface area contributed by atoms with Gasteiger partial charge in [0, 0.05) is 31.6 Å². The zero-order valence-electron chi connectivity index (χ0n) is 19.1. The molecule has 0 spiro atoms. The second-order valence-corrected chi connectivity index (χ2v) is 10.7. The number of nitrogens with one attached hydrogen (secondary N) is 3. The zero-order valence-corrected chi connectivity index (χ0v) is 19.1. The van der Waals surface area contributed by atoms with Crippen LogP contribution < -0.4 is 16.2 Å². The molecule has 4 saturated heterocycles. The molecule has 0 aromatic carbocycles.